The molecule has 0 atom stereocenters. The number of nitrogens with zero attached hydrogens (tertiary/aromatic N) is 3. The third-order valence-electron chi connectivity index (χ3n) is 9.68. The van der Waals surface area contributed by atoms with Gasteiger partial charge in [-0.2, -0.15) is 13.1 Å². The van der Waals surface area contributed by atoms with Gasteiger partial charge in [-0.1, -0.05) is 13.0 Å². The van der Waals surface area contributed by atoms with Crippen molar-refractivity contribution in [2.75, 3.05) is 152 Å². The summed E-state index contributed by atoms with van der Waals surface area (Å²) >= 11 is 0. The Bertz CT molecular complexity index is 2110. The van der Waals surface area contributed by atoms with E-state index in [1.54, 1.807) is 12.1 Å². The van der Waals surface area contributed by atoms with Crippen LogP contribution in [0.2, 0.25) is 0 Å². The summed E-state index contributed by atoms with van der Waals surface area (Å²) in [5.74, 6) is -14.4. The van der Waals surface area contributed by atoms with Gasteiger partial charge in [0.05, 0.1) is 155 Å². The summed E-state index contributed by atoms with van der Waals surface area (Å²) in [7, 11) is -2.42. The minimum Gasteiger partial charge on any atom is -0.420 e. The number of amides is 1. The van der Waals surface area contributed by atoms with Crippen molar-refractivity contribution in [3.05, 3.63) is 58.4 Å². The summed E-state index contributed by atoms with van der Waals surface area (Å²) in [5, 5.41) is 1.33. The number of likely N-dealkylation sites (N-methyl/N-ethyl adjacent to an activating group) is 1. The van der Waals surface area contributed by atoms with Gasteiger partial charge in [-0.05, 0) is 38.5 Å². The minimum absolute atomic E-state index is 0.0325. The Balaban J connectivity index is 1.06. The molecular formula is C47H69F5N4O16S. The van der Waals surface area contributed by atoms with E-state index in [2.05, 4.69) is 9.73 Å². The van der Waals surface area contributed by atoms with Gasteiger partial charge >= 0.3 is 5.97 Å². The first-order valence-corrected chi connectivity index (χ1v) is 25.1. The Labute approximate surface area is 423 Å². The maximum absolute atomic E-state index is 13.6. The molecule has 0 radical (unpaired) electrons. The molecule has 1 heterocycles. The number of hydrogen-bond donors (Lipinski definition) is 1. The molecule has 20 nitrogen and oxygen atoms in total. The number of carbonyl (C=O) groups excluding carboxylic acids is 2. The molecule has 73 heavy (non-hydrogen) atoms. The number of rotatable bonds is 41. The molecule has 0 unspecified atom stereocenters. The van der Waals surface area contributed by atoms with Crippen molar-refractivity contribution in [2.45, 2.75) is 51.0 Å². The summed E-state index contributed by atoms with van der Waals surface area (Å²) in [6.45, 7) is 11.8. The van der Waals surface area contributed by atoms with Gasteiger partial charge in [-0.3, -0.25) is 14.4 Å². The molecule has 26 heteroatoms. The van der Waals surface area contributed by atoms with E-state index in [0.717, 1.165) is 0 Å². The van der Waals surface area contributed by atoms with Crippen molar-refractivity contribution in [2.24, 2.45) is 10.7 Å². The standard InChI is InChI=1S/C47H69F5N4O16S/c1-5-9-56(72-34(2)3)47(58)36-31-35-6-7-37(33-38(35)54-39(53)32-36)73(59,60)55(4)10-12-62-14-16-64-18-20-66-22-24-68-26-28-70-30-29-69-27-25-67-23-21-65-19-17-63-15-13-61-11-8-40(57)71-46-44(51)42(49)41(48)43(50)45(46)52/h6-7,31,33-34H,5,8-30,32H2,1-4H3,(H2,53,54). The monoisotopic (exact) mass is 1070 g/mol. The van der Waals surface area contributed by atoms with E-state index in [9.17, 15) is 40.0 Å². The highest BCUT2D eigenvalue weighted by Crippen LogP contribution is 2.31. The molecule has 2 aromatic carbocycles. The average Bonchev–Trinajstić information content (AvgIpc) is 3.53. The van der Waals surface area contributed by atoms with Gasteiger partial charge in [-0.25, -0.2) is 31.6 Å². The lowest BCUT2D eigenvalue weighted by molar-refractivity contribution is -0.196. The molecule has 0 saturated carbocycles. The van der Waals surface area contributed by atoms with E-state index in [1.807, 2.05) is 20.8 Å². The van der Waals surface area contributed by atoms with Crippen LogP contribution in [0.15, 0.2) is 33.7 Å². The van der Waals surface area contributed by atoms with Crippen LogP contribution in [0, 0.1) is 29.1 Å². The second-order valence-corrected chi connectivity index (χ2v) is 17.8. The van der Waals surface area contributed by atoms with Crippen LogP contribution in [0.5, 0.6) is 5.75 Å². The van der Waals surface area contributed by atoms with Gasteiger partial charge in [0.15, 0.2) is 0 Å². The molecule has 1 aliphatic rings. The molecule has 0 bridgehead atoms. The molecule has 2 aromatic rings. The van der Waals surface area contributed by atoms with Gasteiger partial charge in [0.1, 0.15) is 5.84 Å². The van der Waals surface area contributed by atoms with Crippen LogP contribution in [0.3, 0.4) is 0 Å². The SMILES string of the molecule is CCCN(OC(C)C)C(=O)C1=Cc2ccc(S(=O)(=O)N(C)CCOCCOCCOCCOCCOCCOCCOCCOCCOCCOCCC(=O)Oc3c(F)c(F)c(F)c(F)c3F)cc2N=C(N)C1. The zero-order valence-electron chi connectivity index (χ0n) is 41.8. The second-order valence-electron chi connectivity index (χ2n) is 15.8. The first-order valence-electron chi connectivity index (χ1n) is 23.7. The predicted molar refractivity (Wildman–Crippen MR) is 253 cm³/mol. The van der Waals surface area contributed by atoms with Crippen LogP contribution >= 0.6 is 0 Å². The number of amidine groups is 1. The fraction of sp³-hybridized carbons (Fsp3) is 0.638. The Morgan fingerprint density at radius 3 is 1.47 bits per heavy atom. The molecule has 2 N–H and O–H groups in total. The third kappa shape index (κ3) is 23.9. The summed E-state index contributed by atoms with van der Waals surface area (Å²) in [5.41, 5.74) is 7.46. The zero-order valence-corrected chi connectivity index (χ0v) is 42.6. The van der Waals surface area contributed by atoms with Crippen molar-refractivity contribution in [1.82, 2.24) is 9.37 Å². The fourth-order valence-corrected chi connectivity index (χ4v) is 7.23. The number of fused-ring (bicyclic) bond motifs is 1. The van der Waals surface area contributed by atoms with Crippen LogP contribution in [-0.4, -0.2) is 194 Å². The van der Waals surface area contributed by atoms with Crippen LogP contribution in [0.1, 0.15) is 45.6 Å². The van der Waals surface area contributed by atoms with Crippen LogP contribution in [0.4, 0.5) is 27.6 Å². The first kappa shape index (κ1) is 63.0. The van der Waals surface area contributed by atoms with Gasteiger partial charge < -0.3 is 57.8 Å². The number of esters is 1. The third-order valence-corrected chi connectivity index (χ3v) is 11.5. The molecular weight excluding hydrogens is 1000 g/mol. The highest BCUT2D eigenvalue weighted by molar-refractivity contribution is 7.89. The highest BCUT2D eigenvalue weighted by Gasteiger charge is 2.29. The lowest BCUT2D eigenvalue weighted by atomic mass is 10.1. The lowest BCUT2D eigenvalue weighted by Crippen LogP contribution is -2.36. The average molecular weight is 1070 g/mol. The smallest absolute Gasteiger partial charge is 0.313 e. The fourth-order valence-electron chi connectivity index (χ4n) is 6.06. The van der Waals surface area contributed by atoms with Gasteiger partial charge in [-0.15, -0.1) is 0 Å². The molecule has 0 aliphatic carbocycles. The Hall–Kier alpha value is -4.29. The number of hydroxylamine groups is 2. The Morgan fingerprint density at radius 2 is 1.04 bits per heavy atom. The molecule has 1 amide bonds. The number of benzene rings is 2. The van der Waals surface area contributed by atoms with Crippen molar-refractivity contribution in [3.63, 3.8) is 0 Å². The Morgan fingerprint density at radius 1 is 0.630 bits per heavy atom. The predicted octanol–water partition coefficient (Wildman–Crippen LogP) is 4.52. The quantitative estimate of drug-likeness (QED) is 0.0184. The maximum Gasteiger partial charge on any atom is 0.313 e. The Kier molecular flexibility index (Phi) is 30.9. The van der Waals surface area contributed by atoms with E-state index < -0.39 is 57.2 Å². The summed E-state index contributed by atoms with van der Waals surface area (Å²) in [6.07, 6.45) is 1.76. The molecule has 0 spiro atoms. The van der Waals surface area contributed by atoms with Crippen molar-refractivity contribution < 1.29 is 96.9 Å². The van der Waals surface area contributed by atoms with E-state index in [-0.39, 0.29) is 82.0 Å². The topological polar surface area (TPSA) is 224 Å². The van der Waals surface area contributed by atoms with Crippen LogP contribution in [-0.2, 0) is 71.8 Å². The maximum atomic E-state index is 13.6. The number of sulfonamides is 1. The van der Waals surface area contributed by atoms with Crippen LogP contribution < -0.4 is 10.5 Å². The van der Waals surface area contributed by atoms with E-state index in [0.29, 0.717) is 116 Å². The summed E-state index contributed by atoms with van der Waals surface area (Å²) < 4.78 is 153. The number of aliphatic imine (C=N–C) groups is 1. The lowest BCUT2D eigenvalue weighted by Gasteiger charge is -2.24. The van der Waals surface area contributed by atoms with E-state index in [4.69, 9.17) is 57.9 Å². The highest BCUT2D eigenvalue weighted by atomic mass is 32.2. The number of halogens is 5. The van der Waals surface area contributed by atoms with Gasteiger partial charge in [0, 0.05) is 37.7 Å². The van der Waals surface area contributed by atoms with E-state index in [1.165, 1.54) is 28.5 Å². The molecule has 0 fully saturated rings. The molecule has 1 aliphatic heterocycles. The number of hydrogen-bond acceptors (Lipinski definition) is 18. The number of carbonyl (C=O) groups is 2. The zero-order chi connectivity index (χ0) is 53.4. The van der Waals surface area contributed by atoms with Crippen molar-refractivity contribution in [1.29, 1.82) is 0 Å². The molecule has 0 saturated heterocycles. The number of ether oxygens (including phenoxy) is 11. The first-order chi connectivity index (χ1) is 35.1. The van der Waals surface area contributed by atoms with Crippen molar-refractivity contribution in [3.8, 4) is 5.75 Å². The minimum atomic E-state index is -3.88. The second kappa shape index (κ2) is 35.8. The van der Waals surface area contributed by atoms with Gasteiger partial charge in [0.2, 0.25) is 44.9 Å². The van der Waals surface area contributed by atoms with E-state index >= 15 is 0 Å². The molecule has 3 rings (SSSR count). The largest absolute Gasteiger partial charge is 0.420 e. The van der Waals surface area contributed by atoms with Crippen molar-refractivity contribution >= 4 is 39.5 Å². The summed E-state index contributed by atoms with van der Waals surface area (Å²) in [6, 6.07) is 4.53. The number of nitrogens with two attached hydrogens (primary N) is 1. The molecule has 0 aromatic heterocycles. The molecule has 414 valence electrons. The van der Waals surface area contributed by atoms with Crippen LogP contribution in [0.25, 0.3) is 6.08 Å². The normalized spacial score (nSPS) is 12.8. The van der Waals surface area contributed by atoms with Gasteiger partial charge in [0.25, 0.3) is 5.91 Å². The summed E-state index contributed by atoms with van der Waals surface area (Å²) in [4.78, 5) is 35.1.